The Hall–Kier alpha value is -3.21. The topological polar surface area (TPSA) is 57.5 Å². The molecule has 0 aliphatic carbocycles. The molecule has 124 valence electrons. The van der Waals surface area contributed by atoms with Crippen LogP contribution in [0.4, 0.5) is 4.39 Å². The van der Waals surface area contributed by atoms with E-state index in [4.69, 9.17) is 7.73 Å². The number of phenols is 1. The van der Waals surface area contributed by atoms with Crippen LogP contribution < -0.4 is 5.32 Å². The van der Waals surface area contributed by atoms with Crippen molar-refractivity contribution in [1.29, 1.82) is 0 Å². The van der Waals surface area contributed by atoms with Gasteiger partial charge in [0, 0.05) is 18.0 Å². The van der Waals surface area contributed by atoms with Gasteiger partial charge < -0.3 is 10.4 Å². The molecule has 2 unspecified atom stereocenters. The smallest absolute Gasteiger partial charge is 0.129 e. The Kier molecular flexibility index (Phi) is 3.34. The number of aromatic nitrogens is 1. The number of nitrogens with one attached hydrogen (secondary N) is 1. The zero-order valence-corrected chi connectivity index (χ0v) is 13.1. The first-order valence-corrected chi connectivity index (χ1v) is 7.83. The molecule has 4 rings (SSSR count). The Balaban J connectivity index is 1.78. The van der Waals surface area contributed by atoms with Crippen molar-refractivity contribution in [2.75, 3.05) is 0 Å². The van der Waals surface area contributed by atoms with E-state index >= 15 is 0 Å². The van der Waals surface area contributed by atoms with Crippen LogP contribution in [0.5, 0.6) is 5.75 Å². The molecular formula is C20H16FN3O. The molecule has 0 fully saturated rings. The van der Waals surface area contributed by atoms with Gasteiger partial charge in [0.1, 0.15) is 23.4 Å². The van der Waals surface area contributed by atoms with Gasteiger partial charge in [-0.3, -0.25) is 9.98 Å². The summed E-state index contributed by atoms with van der Waals surface area (Å²) >= 11 is 0. The number of benzene rings is 2. The number of phenolic OH excluding ortho intramolecular Hbond substituents is 1. The number of nitrogens with zero attached hydrogens (tertiary/aromatic N) is 2. The van der Waals surface area contributed by atoms with Crippen LogP contribution in [0.15, 0.2) is 78.0 Å². The summed E-state index contributed by atoms with van der Waals surface area (Å²) in [6, 6.07) is 12.1. The Labute approximate surface area is 147 Å². The van der Waals surface area contributed by atoms with E-state index in [1.165, 1.54) is 24.3 Å². The Morgan fingerprint density at radius 1 is 0.960 bits per heavy atom. The molecule has 0 amide bonds. The summed E-state index contributed by atoms with van der Waals surface area (Å²) in [6.45, 7) is 0. The lowest BCUT2D eigenvalue weighted by atomic mass is 9.95. The average Bonchev–Trinajstić information content (AvgIpc) is 3.12. The van der Waals surface area contributed by atoms with Gasteiger partial charge in [-0.15, -0.1) is 0 Å². The lowest BCUT2D eigenvalue weighted by molar-refractivity contribution is 0.475. The van der Waals surface area contributed by atoms with Crippen LogP contribution in [-0.4, -0.2) is 15.9 Å². The van der Waals surface area contributed by atoms with Crippen molar-refractivity contribution in [3.8, 4) is 5.75 Å². The van der Waals surface area contributed by atoms with Gasteiger partial charge in [0.2, 0.25) is 0 Å². The molecule has 25 heavy (non-hydrogen) atoms. The van der Waals surface area contributed by atoms with Crippen molar-refractivity contribution < 1.29 is 12.2 Å². The molecule has 1 aliphatic heterocycles. The maximum absolute atomic E-state index is 13.3. The minimum absolute atomic E-state index is 0.132. The van der Waals surface area contributed by atoms with Crippen molar-refractivity contribution in [3.63, 3.8) is 0 Å². The molecule has 1 aliphatic rings. The highest BCUT2D eigenvalue weighted by atomic mass is 19.1. The molecule has 0 saturated heterocycles. The van der Waals surface area contributed by atoms with Gasteiger partial charge in [-0.1, -0.05) is 12.1 Å². The van der Waals surface area contributed by atoms with Crippen molar-refractivity contribution >= 4 is 5.84 Å². The van der Waals surface area contributed by atoms with Gasteiger partial charge in [0.05, 0.1) is 8.78 Å². The van der Waals surface area contributed by atoms with E-state index in [1.54, 1.807) is 24.5 Å². The van der Waals surface area contributed by atoms with Crippen molar-refractivity contribution in [2.45, 2.75) is 12.1 Å². The maximum Gasteiger partial charge on any atom is 0.129 e. The quantitative estimate of drug-likeness (QED) is 0.765. The third-order valence-corrected chi connectivity index (χ3v) is 4.16. The minimum atomic E-state index is -0.363. The van der Waals surface area contributed by atoms with Crippen LogP contribution in [0, 0.1) is 5.82 Å². The molecule has 2 N–H and O–H groups in total. The van der Waals surface area contributed by atoms with Crippen LogP contribution in [-0.2, 0) is 0 Å². The number of rotatable bonds is 3. The van der Waals surface area contributed by atoms with Gasteiger partial charge in [-0.2, -0.15) is 0 Å². The lowest BCUT2D eigenvalue weighted by Crippen LogP contribution is -2.25. The summed E-state index contributed by atoms with van der Waals surface area (Å²) in [7, 11) is 0. The third kappa shape index (κ3) is 3.08. The molecule has 2 heterocycles. The summed E-state index contributed by atoms with van der Waals surface area (Å²) in [6.07, 6.45) is 3.39. The predicted molar refractivity (Wildman–Crippen MR) is 93.9 cm³/mol. The molecule has 0 radical (unpaired) electrons. The minimum Gasteiger partial charge on any atom is -0.508 e. The Bertz CT molecular complexity index is 986. The summed E-state index contributed by atoms with van der Waals surface area (Å²) in [5.41, 5.74) is 2.36. The van der Waals surface area contributed by atoms with Gasteiger partial charge in [0.25, 0.3) is 0 Å². The number of halogens is 1. The van der Waals surface area contributed by atoms with E-state index in [0.717, 1.165) is 11.1 Å². The molecule has 0 spiro atoms. The van der Waals surface area contributed by atoms with Gasteiger partial charge >= 0.3 is 0 Å². The zero-order valence-electron chi connectivity index (χ0n) is 15.1. The molecule has 2 atom stereocenters. The largest absolute Gasteiger partial charge is 0.508 e. The van der Waals surface area contributed by atoms with E-state index in [-0.39, 0.29) is 35.7 Å². The van der Waals surface area contributed by atoms with Crippen molar-refractivity contribution in [3.05, 3.63) is 95.5 Å². The normalized spacial score (nSPS) is 20.4. The first-order chi connectivity index (χ1) is 13.0. The number of hydrogen-bond donors (Lipinski definition) is 2. The Morgan fingerprint density at radius 3 is 2.32 bits per heavy atom. The van der Waals surface area contributed by atoms with Crippen LogP contribution in [0.3, 0.4) is 0 Å². The molecule has 5 heteroatoms. The number of pyridine rings is 1. The third-order valence-electron chi connectivity index (χ3n) is 4.16. The molecule has 4 nitrogen and oxygen atoms in total. The fraction of sp³-hybridized carbons (Fsp3) is 0.100. The highest BCUT2D eigenvalue weighted by molar-refractivity contribution is 6.00. The van der Waals surface area contributed by atoms with Gasteiger partial charge in [-0.25, -0.2) is 4.39 Å². The van der Waals surface area contributed by atoms with E-state index in [2.05, 4.69) is 10.3 Å². The summed E-state index contributed by atoms with van der Waals surface area (Å²) < 4.78 is 29.0. The van der Waals surface area contributed by atoms with E-state index in [9.17, 15) is 9.50 Å². The first-order valence-electron chi connectivity index (χ1n) is 8.83. The highest BCUT2D eigenvalue weighted by Gasteiger charge is 2.31. The standard InChI is InChI=1S/C20H16FN3O/c21-16-5-1-13(2-6-16)18-19(14-9-11-22-12-10-14)24-20(23-18)15-3-7-17(25)8-4-15/h1-12,18-19,25H,(H,23,24)/i7T,8T. The zero-order chi connectivity index (χ0) is 19.0. The highest BCUT2D eigenvalue weighted by Crippen LogP contribution is 2.37. The van der Waals surface area contributed by atoms with Gasteiger partial charge in [-0.05, 0) is 59.6 Å². The average molecular weight is 337 g/mol. The van der Waals surface area contributed by atoms with E-state index < -0.39 is 0 Å². The molecule has 3 aromatic rings. The van der Waals surface area contributed by atoms with E-state index in [1.807, 2.05) is 12.1 Å². The first kappa shape index (κ1) is 13.1. The fourth-order valence-electron chi connectivity index (χ4n) is 2.91. The fourth-order valence-corrected chi connectivity index (χ4v) is 2.91. The number of hydrogen-bond acceptors (Lipinski definition) is 4. The molecular weight excluding hydrogens is 317 g/mol. The van der Waals surface area contributed by atoms with Crippen LogP contribution in [0.2, 0.25) is 0 Å². The summed E-state index contributed by atoms with van der Waals surface area (Å²) in [5, 5.41) is 13.0. The summed E-state index contributed by atoms with van der Waals surface area (Å²) in [4.78, 5) is 8.79. The van der Waals surface area contributed by atoms with Crippen molar-refractivity contribution in [2.24, 2.45) is 4.99 Å². The molecule has 0 bridgehead atoms. The SMILES string of the molecule is [3H]c1cc(C2=NC(c3ccc(F)cc3)C(c3ccncc3)N2)cc([3H])c1O. The maximum atomic E-state index is 13.3. The summed E-state index contributed by atoms with van der Waals surface area (Å²) in [5.74, 6) is -0.156. The second kappa shape index (κ2) is 6.36. The lowest BCUT2D eigenvalue weighted by Gasteiger charge is -2.19. The monoisotopic (exact) mass is 337 g/mol. The van der Waals surface area contributed by atoms with Gasteiger partial charge in [0.15, 0.2) is 0 Å². The van der Waals surface area contributed by atoms with Crippen LogP contribution in [0.1, 0.15) is 31.5 Å². The van der Waals surface area contributed by atoms with Crippen molar-refractivity contribution in [1.82, 2.24) is 10.3 Å². The molecule has 1 aromatic heterocycles. The van der Waals surface area contributed by atoms with E-state index in [0.29, 0.717) is 11.4 Å². The number of aliphatic imine (C=N–C) groups is 1. The molecule has 0 saturated carbocycles. The number of amidine groups is 1. The molecule has 2 aromatic carbocycles. The van der Waals surface area contributed by atoms with Crippen LogP contribution in [0.25, 0.3) is 0 Å². The van der Waals surface area contributed by atoms with Crippen LogP contribution >= 0.6 is 0 Å². The second-order valence-corrected chi connectivity index (χ2v) is 5.76. The second-order valence-electron chi connectivity index (χ2n) is 5.76. The predicted octanol–water partition coefficient (Wildman–Crippen LogP) is 3.76. The number of aromatic hydroxyl groups is 1. The Morgan fingerprint density at radius 2 is 1.64 bits per heavy atom.